The Bertz CT molecular complexity index is 771. The maximum absolute atomic E-state index is 13.1. The molecule has 1 aliphatic carbocycles. The van der Waals surface area contributed by atoms with E-state index >= 15 is 0 Å². The Morgan fingerprint density at radius 1 is 1.04 bits per heavy atom. The number of rotatable bonds is 1. The van der Waals surface area contributed by atoms with Gasteiger partial charge in [0.05, 0.1) is 5.56 Å². The van der Waals surface area contributed by atoms with Crippen molar-refractivity contribution >= 4 is 0 Å². The van der Waals surface area contributed by atoms with Crippen LogP contribution in [0.5, 0.6) is 5.75 Å². The van der Waals surface area contributed by atoms with Crippen LogP contribution in [0, 0.1) is 5.92 Å². The molecular weight excluding hydrogens is 315 g/mol. The molecule has 2 N–H and O–H groups in total. The standard InChI is InChI=1S/C19H18F3NO/c20-19(21,22)12-4-1-3-11(9-12)17-15-5-2-8-23-18(15)14-7-6-13(24)10-16(14)17/h1,3-4,6-7,9-10,15,17-18,23-24H,2,5,8H2. The zero-order valence-electron chi connectivity index (χ0n) is 13.0. The second-order valence-corrected chi connectivity index (χ2v) is 6.65. The van der Waals surface area contributed by atoms with Crippen molar-refractivity contribution in [2.75, 3.05) is 6.54 Å². The molecular formula is C19H18F3NO. The van der Waals surface area contributed by atoms with Crippen LogP contribution < -0.4 is 5.32 Å². The molecule has 2 aromatic rings. The SMILES string of the molecule is Oc1ccc2c(c1)C(c1cccc(C(F)(F)F)c1)C1CCCNC21. The van der Waals surface area contributed by atoms with Crippen LogP contribution in [0.25, 0.3) is 0 Å². The minimum Gasteiger partial charge on any atom is -0.508 e. The van der Waals surface area contributed by atoms with Crippen LogP contribution in [-0.4, -0.2) is 11.7 Å². The summed E-state index contributed by atoms with van der Waals surface area (Å²) in [6, 6.07) is 11.0. The van der Waals surface area contributed by atoms with Crippen molar-refractivity contribution in [2.24, 2.45) is 5.92 Å². The summed E-state index contributed by atoms with van der Waals surface area (Å²) >= 11 is 0. The van der Waals surface area contributed by atoms with Crippen LogP contribution in [0.1, 0.15) is 47.1 Å². The molecule has 1 aliphatic heterocycles. The van der Waals surface area contributed by atoms with Gasteiger partial charge in [0.1, 0.15) is 5.75 Å². The van der Waals surface area contributed by atoms with Crippen LogP contribution in [0.3, 0.4) is 0 Å². The summed E-state index contributed by atoms with van der Waals surface area (Å²) in [6.45, 7) is 0.913. The van der Waals surface area contributed by atoms with Crippen molar-refractivity contribution in [3.05, 3.63) is 64.7 Å². The van der Waals surface area contributed by atoms with Gasteiger partial charge in [-0.15, -0.1) is 0 Å². The van der Waals surface area contributed by atoms with E-state index in [1.54, 1.807) is 18.2 Å². The molecule has 24 heavy (non-hydrogen) atoms. The lowest BCUT2D eigenvalue weighted by Crippen LogP contribution is -2.32. The number of piperidine rings is 1. The molecule has 0 saturated carbocycles. The average molecular weight is 333 g/mol. The molecule has 0 amide bonds. The van der Waals surface area contributed by atoms with Crippen LogP contribution in [-0.2, 0) is 6.18 Å². The molecule has 0 aromatic heterocycles. The molecule has 3 unspecified atom stereocenters. The summed E-state index contributed by atoms with van der Waals surface area (Å²) < 4.78 is 39.3. The van der Waals surface area contributed by atoms with E-state index in [0.717, 1.165) is 36.6 Å². The van der Waals surface area contributed by atoms with E-state index in [0.29, 0.717) is 5.56 Å². The van der Waals surface area contributed by atoms with Crippen molar-refractivity contribution < 1.29 is 18.3 Å². The summed E-state index contributed by atoms with van der Waals surface area (Å²) in [5, 5.41) is 13.4. The molecule has 3 atom stereocenters. The van der Waals surface area contributed by atoms with Crippen LogP contribution >= 0.6 is 0 Å². The van der Waals surface area contributed by atoms with Crippen LogP contribution in [0.4, 0.5) is 13.2 Å². The zero-order valence-corrected chi connectivity index (χ0v) is 13.0. The summed E-state index contributed by atoms with van der Waals surface area (Å²) in [5.41, 5.74) is 2.10. The molecule has 0 bridgehead atoms. The highest BCUT2D eigenvalue weighted by molar-refractivity contribution is 5.50. The number of hydrogen-bond acceptors (Lipinski definition) is 2. The fourth-order valence-electron chi connectivity index (χ4n) is 4.29. The van der Waals surface area contributed by atoms with Crippen molar-refractivity contribution in [3.8, 4) is 5.75 Å². The average Bonchev–Trinajstić information content (AvgIpc) is 2.87. The van der Waals surface area contributed by atoms with Gasteiger partial charge in [-0.05, 0) is 60.2 Å². The van der Waals surface area contributed by atoms with Gasteiger partial charge < -0.3 is 10.4 Å². The van der Waals surface area contributed by atoms with Gasteiger partial charge in [-0.25, -0.2) is 0 Å². The lowest BCUT2D eigenvalue weighted by atomic mass is 9.80. The number of alkyl halides is 3. The number of fused-ring (bicyclic) bond motifs is 3. The number of phenols is 1. The second-order valence-electron chi connectivity index (χ2n) is 6.65. The summed E-state index contributed by atoms with van der Waals surface area (Å²) in [4.78, 5) is 0. The molecule has 2 aromatic carbocycles. The quantitative estimate of drug-likeness (QED) is 0.799. The molecule has 1 saturated heterocycles. The Labute approximate surface area is 138 Å². The number of benzene rings is 2. The van der Waals surface area contributed by atoms with E-state index in [9.17, 15) is 18.3 Å². The van der Waals surface area contributed by atoms with Crippen molar-refractivity contribution in [1.29, 1.82) is 0 Å². The lowest BCUT2D eigenvalue weighted by Gasteiger charge is -2.31. The van der Waals surface area contributed by atoms with E-state index in [1.165, 1.54) is 12.1 Å². The van der Waals surface area contributed by atoms with Gasteiger partial charge in [0, 0.05) is 12.0 Å². The predicted octanol–water partition coefficient (Wildman–Crippen LogP) is 4.60. The minimum absolute atomic E-state index is 0.118. The van der Waals surface area contributed by atoms with E-state index in [2.05, 4.69) is 5.32 Å². The van der Waals surface area contributed by atoms with Gasteiger partial charge in [0.25, 0.3) is 0 Å². The van der Waals surface area contributed by atoms with Gasteiger partial charge in [-0.3, -0.25) is 0 Å². The molecule has 0 spiro atoms. The fourth-order valence-corrected chi connectivity index (χ4v) is 4.29. The maximum Gasteiger partial charge on any atom is 0.416 e. The van der Waals surface area contributed by atoms with E-state index in [1.807, 2.05) is 6.07 Å². The third-order valence-electron chi connectivity index (χ3n) is 5.25. The molecule has 1 fully saturated rings. The Morgan fingerprint density at radius 2 is 1.88 bits per heavy atom. The lowest BCUT2D eigenvalue weighted by molar-refractivity contribution is -0.137. The summed E-state index contributed by atoms with van der Waals surface area (Å²) in [6.07, 6.45) is -2.37. The molecule has 2 nitrogen and oxygen atoms in total. The molecule has 2 aliphatic rings. The number of halogens is 3. The highest BCUT2D eigenvalue weighted by Crippen LogP contribution is 2.52. The van der Waals surface area contributed by atoms with Crippen molar-refractivity contribution in [2.45, 2.75) is 31.0 Å². The van der Waals surface area contributed by atoms with Crippen molar-refractivity contribution in [3.63, 3.8) is 0 Å². The summed E-state index contributed by atoms with van der Waals surface area (Å²) in [7, 11) is 0. The van der Waals surface area contributed by atoms with Gasteiger partial charge in [-0.2, -0.15) is 13.2 Å². The largest absolute Gasteiger partial charge is 0.508 e. The Morgan fingerprint density at radius 3 is 2.67 bits per heavy atom. The van der Waals surface area contributed by atoms with Gasteiger partial charge in [0.15, 0.2) is 0 Å². The molecule has 0 radical (unpaired) electrons. The minimum atomic E-state index is -4.35. The predicted molar refractivity (Wildman–Crippen MR) is 84.9 cm³/mol. The molecule has 126 valence electrons. The molecule has 1 heterocycles. The monoisotopic (exact) mass is 333 g/mol. The summed E-state index contributed by atoms with van der Waals surface area (Å²) in [5.74, 6) is 0.260. The topological polar surface area (TPSA) is 32.3 Å². The fraction of sp³-hybridized carbons (Fsp3) is 0.368. The Kier molecular flexibility index (Phi) is 3.57. The van der Waals surface area contributed by atoms with E-state index < -0.39 is 11.7 Å². The first-order valence-electron chi connectivity index (χ1n) is 8.18. The highest BCUT2D eigenvalue weighted by Gasteiger charge is 2.43. The first kappa shape index (κ1) is 15.5. The number of hydrogen-bond donors (Lipinski definition) is 2. The molecule has 4 rings (SSSR count). The number of aromatic hydroxyl groups is 1. The smallest absolute Gasteiger partial charge is 0.416 e. The van der Waals surface area contributed by atoms with Crippen LogP contribution in [0.15, 0.2) is 42.5 Å². The maximum atomic E-state index is 13.1. The third kappa shape index (κ3) is 2.47. The highest BCUT2D eigenvalue weighted by atomic mass is 19.4. The Hall–Kier alpha value is -2.01. The van der Waals surface area contributed by atoms with Gasteiger partial charge in [-0.1, -0.05) is 24.3 Å². The molecule has 5 heteroatoms. The van der Waals surface area contributed by atoms with Gasteiger partial charge in [0.2, 0.25) is 0 Å². The first-order chi connectivity index (χ1) is 11.4. The second kappa shape index (κ2) is 5.52. The van der Waals surface area contributed by atoms with Gasteiger partial charge >= 0.3 is 6.18 Å². The first-order valence-corrected chi connectivity index (χ1v) is 8.18. The van der Waals surface area contributed by atoms with E-state index in [4.69, 9.17) is 0 Å². The zero-order chi connectivity index (χ0) is 16.9. The number of nitrogens with one attached hydrogen (secondary N) is 1. The van der Waals surface area contributed by atoms with Crippen molar-refractivity contribution in [1.82, 2.24) is 5.32 Å². The normalized spacial score (nSPS) is 26.0. The number of phenolic OH excluding ortho intramolecular Hbond substituents is 1. The Balaban J connectivity index is 1.84. The third-order valence-corrected chi connectivity index (χ3v) is 5.25. The van der Waals surface area contributed by atoms with E-state index in [-0.39, 0.29) is 23.6 Å². The van der Waals surface area contributed by atoms with Crippen LogP contribution in [0.2, 0.25) is 0 Å².